The summed E-state index contributed by atoms with van der Waals surface area (Å²) in [5.41, 5.74) is 15.5. The highest BCUT2D eigenvalue weighted by Gasteiger charge is 2.46. The van der Waals surface area contributed by atoms with Crippen molar-refractivity contribution in [3.8, 4) is 22.4 Å². The Labute approximate surface area is 417 Å². The smallest absolute Gasteiger partial charge is 0.142 e. The van der Waals surface area contributed by atoms with Gasteiger partial charge >= 0.3 is 0 Å². The van der Waals surface area contributed by atoms with Gasteiger partial charge in [0.1, 0.15) is 11.6 Å². The van der Waals surface area contributed by atoms with Crippen molar-refractivity contribution in [2.24, 2.45) is 0 Å². The molecule has 11 aromatic rings. The topological polar surface area (TPSA) is 48.4 Å². The van der Waals surface area contributed by atoms with Crippen molar-refractivity contribution in [1.82, 2.24) is 15.0 Å². The number of anilines is 9. The molecule has 0 unspecified atom stereocenters. The maximum Gasteiger partial charge on any atom is 0.142 e. The van der Waals surface area contributed by atoms with Crippen LogP contribution in [0.2, 0.25) is 0 Å². The largest absolute Gasteiger partial charge is 0.310 e. The van der Waals surface area contributed by atoms with Crippen LogP contribution in [-0.4, -0.2) is 15.0 Å². The maximum atomic E-state index is 5.85. The number of aromatic nitrogens is 3. The fraction of sp³-hybridized carbons (Fsp3) is 0.0156. The second-order valence-corrected chi connectivity index (χ2v) is 18.7. The first-order valence-electron chi connectivity index (χ1n) is 23.8. The monoisotopic (exact) mass is 928 g/mol. The summed E-state index contributed by atoms with van der Waals surface area (Å²) in [6.07, 6.45) is 5.53. The first-order chi connectivity index (χ1) is 35.2. The van der Waals surface area contributed by atoms with Crippen LogP contribution in [-0.2, 0) is 5.41 Å². The van der Waals surface area contributed by atoms with Gasteiger partial charge in [0, 0.05) is 57.5 Å². The summed E-state index contributed by atoms with van der Waals surface area (Å²) in [4.78, 5) is 24.2. The van der Waals surface area contributed by atoms with E-state index in [0.29, 0.717) is 0 Å². The molecule has 336 valence electrons. The average Bonchev–Trinajstić information content (AvgIpc) is 3.45. The molecular formula is C64H44N6S. The number of rotatable bonds is 9. The first-order valence-corrected chi connectivity index (χ1v) is 24.6. The summed E-state index contributed by atoms with van der Waals surface area (Å²) in [6.45, 7) is 0. The fourth-order valence-electron chi connectivity index (χ4n) is 10.6. The Hall–Kier alpha value is -9.04. The van der Waals surface area contributed by atoms with Gasteiger partial charge in [-0.1, -0.05) is 163 Å². The van der Waals surface area contributed by atoms with Crippen molar-refractivity contribution in [3.63, 3.8) is 0 Å². The predicted octanol–water partition coefficient (Wildman–Crippen LogP) is 16.8. The molecule has 3 aromatic heterocycles. The van der Waals surface area contributed by atoms with Crippen LogP contribution < -0.4 is 14.7 Å². The molecule has 2 aliphatic heterocycles. The Bertz CT molecular complexity index is 3470. The SMILES string of the molecule is c1ccc(C2(c3ccccc3)c3ccccc3N(c3cc(N(c4ccc(-c5ccncc5)cc4)c4ccc(-c5ccccn5)cc4)cc(N4c5ccccc5Sc5ccccc54)n3)c3ccccc32)cc1. The minimum absolute atomic E-state index is 0.632. The molecule has 71 heavy (non-hydrogen) atoms. The van der Waals surface area contributed by atoms with Crippen LogP contribution in [0.4, 0.5) is 51.4 Å². The normalized spacial score (nSPS) is 13.1. The van der Waals surface area contributed by atoms with Gasteiger partial charge in [-0.25, -0.2) is 4.98 Å². The molecule has 0 radical (unpaired) electrons. The van der Waals surface area contributed by atoms with Crippen molar-refractivity contribution in [2.75, 3.05) is 14.7 Å². The summed E-state index contributed by atoms with van der Waals surface area (Å²) < 4.78 is 0. The lowest BCUT2D eigenvalue weighted by atomic mass is 9.62. The third-order valence-electron chi connectivity index (χ3n) is 13.7. The van der Waals surface area contributed by atoms with Gasteiger partial charge in [-0.05, 0) is 118 Å². The predicted molar refractivity (Wildman–Crippen MR) is 291 cm³/mol. The molecule has 0 N–H and O–H groups in total. The lowest BCUT2D eigenvalue weighted by molar-refractivity contribution is 0.730. The highest BCUT2D eigenvalue weighted by atomic mass is 32.2. The molecule has 7 heteroatoms. The van der Waals surface area contributed by atoms with Crippen LogP contribution in [0.15, 0.2) is 277 Å². The second kappa shape index (κ2) is 17.8. The molecule has 0 aliphatic carbocycles. The van der Waals surface area contributed by atoms with E-state index < -0.39 is 5.41 Å². The van der Waals surface area contributed by atoms with Crippen LogP contribution >= 0.6 is 11.8 Å². The Morgan fingerprint density at radius 2 is 0.817 bits per heavy atom. The first kappa shape index (κ1) is 42.1. The lowest BCUT2D eigenvalue weighted by Crippen LogP contribution is -2.38. The van der Waals surface area contributed by atoms with Crippen LogP contribution in [0.25, 0.3) is 22.4 Å². The van der Waals surface area contributed by atoms with Gasteiger partial charge in [0.05, 0.1) is 39.5 Å². The molecule has 0 atom stereocenters. The number of pyridine rings is 3. The molecule has 0 amide bonds. The zero-order valence-electron chi connectivity index (χ0n) is 38.5. The van der Waals surface area contributed by atoms with Gasteiger partial charge in [-0.2, -0.15) is 0 Å². The van der Waals surface area contributed by atoms with Crippen molar-refractivity contribution in [3.05, 3.63) is 290 Å². The minimum Gasteiger partial charge on any atom is -0.310 e. The number of nitrogens with zero attached hydrogens (tertiary/aromatic N) is 6. The van der Waals surface area contributed by atoms with E-state index in [2.05, 4.69) is 261 Å². The van der Waals surface area contributed by atoms with Crippen LogP contribution in [0, 0.1) is 0 Å². The van der Waals surface area contributed by atoms with Crippen LogP contribution in [0.5, 0.6) is 0 Å². The molecule has 0 fully saturated rings. The van der Waals surface area contributed by atoms with Crippen LogP contribution in [0.3, 0.4) is 0 Å². The van der Waals surface area contributed by atoms with E-state index in [1.807, 2.05) is 30.7 Å². The number of hydrogen-bond donors (Lipinski definition) is 0. The second-order valence-electron chi connectivity index (χ2n) is 17.6. The molecule has 5 heterocycles. The van der Waals surface area contributed by atoms with E-state index in [9.17, 15) is 0 Å². The molecule has 2 aliphatic rings. The Morgan fingerprint density at radius 1 is 0.366 bits per heavy atom. The van der Waals surface area contributed by atoms with Crippen LogP contribution in [0.1, 0.15) is 22.3 Å². The molecule has 0 bridgehead atoms. The number of fused-ring (bicyclic) bond motifs is 4. The van der Waals surface area contributed by atoms with E-state index in [-0.39, 0.29) is 0 Å². The van der Waals surface area contributed by atoms with Crippen molar-refractivity contribution < 1.29 is 0 Å². The third kappa shape index (κ3) is 7.25. The van der Waals surface area contributed by atoms with Gasteiger partial charge in [-0.3, -0.25) is 19.8 Å². The zero-order chi connectivity index (χ0) is 47.1. The molecule has 0 saturated heterocycles. The van der Waals surface area contributed by atoms with Crippen molar-refractivity contribution >= 4 is 63.2 Å². The summed E-state index contributed by atoms with van der Waals surface area (Å²) in [5, 5.41) is 0. The van der Waals surface area contributed by atoms with Crippen molar-refractivity contribution in [1.29, 1.82) is 0 Å². The summed E-state index contributed by atoms with van der Waals surface area (Å²) >= 11 is 1.79. The lowest BCUT2D eigenvalue weighted by Gasteiger charge is -2.46. The van der Waals surface area contributed by atoms with E-state index >= 15 is 0 Å². The third-order valence-corrected chi connectivity index (χ3v) is 14.8. The van der Waals surface area contributed by atoms with E-state index in [4.69, 9.17) is 4.98 Å². The molecular weight excluding hydrogens is 885 g/mol. The quantitative estimate of drug-likeness (QED) is 0.143. The number of para-hydroxylation sites is 4. The maximum absolute atomic E-state index is 5.85. The fourth-order valence-corrected chi connectivity index (χ4v) is 11.6. The average molecular weight is 929 g/mol. The highest BCUT2D eigenvalue weighted by molar-refractivity contribution is 7.99. The summed E-state index contributed by atoms with van der Waals surface area (Å²) in [6, 6.07) is 89.2. The van der Waals surface area contributed by atoms with Gasteiger partial charge in [-0.15, -0.1) is 0 Å². The summed E-state index contributed by atoms with van der Waals surface area (Å²) in [5.74, 6) is 1.57. The van der Waals surface area contributed by atoms with E-state index in [0.717, 1.165) is 83.6 Å². The molecule has 6 nitrogen and oxygen atoms in total. The van der Waals surface area contributed by atoms with Crippen molar-refractivity contribution in [2.45, 2.75) is 15.2 Å². The molecule has 0 spiro atoms. The number of hydrogen-bond acceptors (Lipinski definition) is 7. The minimum atomic E-state index is -0.632. The molecule has 13 rings (SSSR count). The van der Waals surface area contributed by atoms with Gasteiger partial charge in [0.15, 0.2) is 0 Å². The van der Waals surface area contributed by atoms with Gasteiger partial charge in [0.2, 0.25) is 0 Å². The molecule has 8 aromatic carbocycles. The van der Waals surface area contributed by atoms with E-state index in [1.54, 1.807) is 11.8 Å². The highest BCUT2D eigenvalue weighted by Crippen LogP contribution is 2.59. The Balaban J connectivity index is 1.08. The zero-order valence-corrected chi connectivity index (χ0v) is 39.3. The Morgan fingerprint density at radius 3 is 1.35 bits per heavy atom. The van der Waals surface area contributed by atoms with Gasteiger partial charge < -0.3 is 4.90 Å². The van der Waals surface area contributed by atoms with E-state index in [1.165, 1.54) is 22.3 Å². The summed E-state index contributed by atoms with van der Waals surface area (Å²) in [7, 11) is 0. The number of benzene rings is 8. The van der Waals surface area contributed by atoms with Gasteiger partial charge in [0.25, 0.3) is 0 Å². The molecule has 0 saturated carbocycles. The Kier molecular flexibility index (Phi) is 10.6. The standard InChI is InChI=1S/C64H44N6S/c1-3-17-48(18-4-1)64(49-19-5-2-6-20-49)53-21-7-9-24-56(53)69(57-25-10-8-22-54(57)64)62-43-52(44-63(67-62)70-58-26-11-13-28-60(58)71-61-29-14-12-27-59(61)70)68(50-34-30-45(31-35-50)46-38-41-65-42-39-46)51-36-32-47(33-37-51)55-23-15-16-40-66-55/h1-44H.